The Kier molecular flexibility index (Phi) is 7.97. The van der Waals surface area contributed by atoms with Gasteiger partial charge < -0.3 is 19.7 Å². The number of rotatable bonds is 7. The summed E-state index contributed by atoms with van der Waals surface area (Å²) in [4.78, 5) is 29.2. The van der Waals surface area contributed by atoms with Gasteiger partial charge in [0.1, 0.15) is 11.5 Å². The van der Waals surface area contributed by atoms with Crippen LogP contribution in [0.15, 0.2) is 42.5 Å². The topological polar surface area (TPSA) is 71.1 Å². The molecule has 0 bridgehead atoms. The SMILES string of the molecule is COc1ccc(OC)c(CN2CCN(C(=O)CNC(=O)c3ccc(C(C)(C)C)cc3)CC2)c1. The molecule has 2 aromatic carbocycles. The Labute approximate surface area is 196 Å². The molecule has 33 heavy (non-hydrogen) atoms. The lowest BCUT2D eigenvalue weighted by Gasteiger charge is -2.35. The molecule has 2 aromatic rings. The fraction of sp³-hybridized carbons (Fsp3) is 0.462. The molecule has 1 aliphatic heterocycles. The van der Waals surface area contributed by atoms with Crippen LogP contribution >= 0.6 is 0 Å². The molecule has 7 heteroatoms. The largest absolute Gasteiger partial charge is 0.497 e. The maximum Gasteiger partial charge on any atom is 0.251 e. The zero-order valence-corrected chi connectivity index (χ0v) is 20.3. The molecule has 1 N–H and O–H groups in total. The normalized spacial score (nSPS) is 14.6. The summed E-state index contributed by atoms with van der Waals surface area (Å²) in [5.74, 6) is 1.33. The molecule has 2 amide bonds. The van der Waals surface area contributed by atoms with E-state index in [0.29, 0.717) is 18.7 Å². The lowest BCUT2D eigenvalue weighted by atomic mass is 9.87. The van der Waals surface area contributed by atoms with Gasteiger partial charge in [0.2, 0.25) is 5.91 Å². The van der Waals surface area contributed by atoms with Gasteiger partial charge in [-0.25, -0.2) is 0 Å². The number of hydrogen-bond acceptors (Lipinski definition) is 5. The maximum absolute atomic E-state index is 12.6. The van der Waals surface area contributed by atoms with Crippen molar-refractivity contribution >= 4 is 11.8 Å². The number of benzene rings is 2. The second-order valence-electron chi connectivity index (χ2n) is 9.34. The maximum atomic E-state index is 12.6. The number of ether oxygens (including phenoxy) is 2. The van der Waals surface area contributed by atoms with Crippen molar-refractivity contribution in [3.05, 3.63) is 59.2 Å². The molecule has 0 spiro atoms. The number of nitrogens with one attached hydrogen (secondary N) is 1. The Bertz CT molecular complexity index is 958. The monoisotopic (exact) mass is 453 g/mol. The third-order valence-electron chi connectivity index (χ3n) is 6.02. The Morgan fingerprint density at radius 2 is 1.61 bits per heavy atom. The average Bonchev–Trinajstić information content (AvgIpc) is 2.82. The van der Waals surface area contributed by atoms with E-state index >= 15 is 0 Å². The summed E-state index contributed by atoms with van der Waals surface area (Å²) in [6.45, 7) is 9.90. The number of methoxy groups -OCH3 is 2. The highest BCUT2D eigenvalue weighted by molar-refractivity contribution is 5.96. The number of carbonyl (C=O) groups is 2. The molecule has 1 heterocycles. The summed E-state index contributed by atoms with van der Waals surface area (Å²) in [5, 5.41) is 2.76. The third-order valence-corrected chi connectivity index (χ3v) is 6.02. The summed E-state index contributed by atoms with van der Waals surface area (Å²) >= 11 is 0. The standard InChI is InChI=1S/C26H35N3O4/c1-26(2,3)21-8-6-19(7-9-21)25(31)27-17-24(30)29-14-12-28(13-15-29)18-20-16-22(32-4)10-11-23(20)33-5/h6-11,16H,12-15,17-18H2,1-5H3,(H,27,31). The van der Waals surface area contributed by atoms with E-state index in [9.17, 15) is 9.59 Å². The van der Waals surface area contributed by atoms with Crippen LogP contribution in [0.3, 0.4) is 0 Å². The molecule has 1 aliphatic rings. The van der Waals surface area contributed by atoms with Crippen LogP contribution in [0.25, 0.3) is 0 Å². The summed E-state index contributed by atoms with van der Waals surface area (Å²) < 4.78 is 10.8. The molecular formula is C26H35N3O4. The summed E-state index contributed by atoms with van der Waals surface area (Å²) in [5.41, 5.74) is 2.82. The molecule has 0 radical (unpaired) electrons. The van der Waals surface area contributed by atoms with Crippen molar-refractivity contribution in [2.45, 2.75) is 32.7 Å². The molecule has 1 saturated heterocycles. The molecule has 0 aromatic heterocycles. The first-order valence-electron chi connectivity index (χ1n) is 11.3. The van der Waals surface area contributed by atoms with Crippen molar-refractivity contribution in [1.82, 2.24) is 15.1 Å². The minimum Gasteiger partial charge on any atom is -0.497 e. The number of piperazine rings is 1. The minimum absolute atomic E-state index is 0.00353. The van der Waals surface area contributed by atoms with Crippen LogP contribution in [0.4, 0.5) is 0 Å². The fourth-order valence-electron chi connectivity index (χ4n) is 3.89. The van der Waals surface area contributed by atoms with E-state index < -0.39 is 0 Å². The van der Waals surface area contributed by atoms with E-state index in [1.54, 1.807) is 14.2 Å². The number of carbonyl (C=O) groups excluding carboxylic acids is 2. The van der Waals surface area contributed by atoms with E-state index in [-0.39, 0.29) is 23.8 Å². The molecule has 0 aliphatic carbocycles. The number of hydrogen-bond donors (Lipinski definition) is 1. The first-order chi connectivity index (χ1) is 15.7. The van der Waals surface area contributed by atoms with E-state index in [2.05, 4.69) is 31.0 Å². The zero-order valence-electron chi connectivity index (χ0n) is 20.3. The average molecular weight is 454 g/mol. The summed E-state index contributed by atoms with van der Waals surface area (Å²) in [6, 6.07) is 13.3. The smallest absolute Gasteiger partial charge is 0.251 e. The summed E-state index contributed by atoms with van der Waals surface area (Å²) in [6.07, 6.45) is 0. The number of amides is 2. The lowest BCUT2D eigenvalue weighted by Crippen LogP contribution is -2.50. The Morgan fingerprint density at radius 1 is 0.939 bits per heavy atom. The second kappa shape index (κ2) is 10.7. The van der Waals surface area contributed by atoms with Gasteiger partial charge in [-0.05, 0) is 41.3 Å². The summed E-state index contributed by atoms with van der Waals surface area (Å²) in [7, 11) is 3.31. The molecule has 3 rings (SSSR count). The van der Waals surface area contributed by atoms with Crippen LogP contribution in [-0.2, 0) is 16.8 Å². The van der Waals surface area contributed by atoms with Crippen molar-refractivity contribution in [2.75, 3.05) is 46.9 Å². The van der Waals surface area contributed by atoms with E-state index in [1.807, 2.05) is 47.4 Å². The highest BCUT2D eigenvalue weighted by atomic mass is 16.5. The van der Waals surface area contributed by atoms with Crippen LogP contribution < -0.4 is 14.8 Å². The first kappa shape index (κ1) is 24.6. The van der Waals surface area contributed by atoms with Crippen molar-refractivity contribution in [2.24, 2.45) is 0 Å². The van der Waals surface area contributed by atoms with Gasteiger partial charge in [-0.15, -0.1) is 0 Å². The van der Waals surface area contributed by atoms with Gasteiger partial charge >= 0.3 is 0 Å². The second-order valence-corrected chi connectivity index (χ2v) is 9.34. The molecule has 178 valence electrons. The van der Waals surface area contributed by atoms with Gasteiger partial charge in [0.25, 0.3) is 5.91 Å². The Balaban J connectivity index is 1.47. The van der Waals surface area contributed by atoms with Gasteiger partial charge in [-0.2, -0.15) is 0 Å². The van der Waals surface area contributed by atoms with Crippen LogP contribution in [0.2, 0.25) is 0 Å². The van der Waals surface area contributed by atoms with Crippen LogP contribution in [0.1, 0.15) is 42.3 Å². The first-order valence-corrected chi connectivity index (χ1v) is 11.3. The highest BCUT2D eigenvalue weighted by Gasteiger charge is 2.22. The van der Waals surface area contributed by atoms with Crippen LogP contribution in [0.5, 0.6) is 11.5 Å². The van der Waals surface area contributed by atoms with E-state index in [1.165, 1.54) is 5.56 Å². The molecule has 1 fully saturated rings. The zero-order chi connectivity index (χ0) is 24.0. The fourth-order valence-corrected chi connectivity index (χ4v) is 3.89. The quantitative estimate of drug-likeness (QED) is 0.698. The minimum atomic E-state index is -0.229. The molecular weight excluding hydrogens is 418 g/mol. The molecule has 0 atom stereocenters. The molecule has 0 saturated carbocycles. The lowest BCUT2D eigenvalue weighted by molar-refractivity contribution is -0.131. The molecule has 7 nitrogen and oxygen atoms in total. The van der Waals surface area contributed by atoms with E-state index in [4.69, 9.17) is 9.47 Å². The Hall–Kier alpha value is -3.06. The third kappa shape index (κ3) is 6.48. The molecule has 0 unspecified atom stereocenters. The predicted octanol–water partition coefficient (Wildman–Crippen LogP) is 3.08. The van der Waals surface area contributed by atoms with Gasteiger partial charge in [-0.3, -0.25) is 14.5 Å². The Morgan fingerprint density at radius 3 is 2.18 bits per heavy atom. The predicted molar refractivity (Wildman–Crippen MR) is 129 cm³/mol. The van der Waals surface area contributed by atoms with Crippen LogP contribution in [-0.4, -0.2) is 68.6 Å². The van der Waals surface area contributed by atoms with E-state index in [0.717, 1.165) is 36.7 Å². The van der Waals surface area contributed by atoms with Crippen molar-refractivity contribution < 1.29 is 19.1 Å². The van der Waals surface area contributed by atoms with Gasteiger partial charge in [-0.1, -0.05) is 32.9 Å². The highest BCUT2D eigenvalue weighted by Crippen LogP contribution is 2.26. The van der Waals surface area contributed by atoms with Crippen molar-refractivity contribution in [3.8, 4) is 11.5 Å². The van der Waals surface area contributed by atoms with Crippen molar-refractivity contribution in [3.63, 3.8) is 0 Å². The van der Waals surface area contributed by atoms with Gasteiger partial charge in [0.05, 0.1) is 20.8 Å². The van der Waals surface area contributed by atoms with Gasteiger partial charge in [0, 0.05) is 43.9 Å². The van der Waals surface area contributed by atoms with Gasteiger partial charge in [0.15, 0.2) is 0 Å². The number of nitrogens with zero attached hydrogens (tertiary/aromatic N) is 2. The van der Waals surface area contributed by atoms with Crippen LogP contribution in [0, 0.1) is 0 Å². The van der Waals surface area contributed by atoms with Crippen molar-refractivity contribution in [1.29, 1.82) is 0 Å².